The van der Waals surface area contributed by atoms with E-state index in [1.165, 1.54) is 32.1 Å². The van der Waals surface area contributed by atoms with Crippen molar-refractivity contribution < 1.29 is 43.4 Å². The first-order chi connectivity index (χ1) is 8.65. The minimum atomic E-state index is 0. The fraction of sp³-hybridized carbons (Fsp3) is 0.688. The number of unbranched alkanes of at least 4 members (excludes halogenated alkanes) is 5. The van der Waals surface area contributed by atoms with Gasteiger partial charge in [-0.15, -0.1) is 0 Å². The summed E-state index contributed by atoms with van der Waals surface area (Å²) in [7, 11) is 0.120. The summed E-state index contributed by atoms with van der Waals surface area (Å²) in [5.74, 6) is 0. The Bertz CT molecular complexity index is 184. The van der Waals surface area contributed by atoms with Crippen LogP contribution in [0.1, 0.15) is 45.4 Å². The van der Waals surface area contributed by atoms with E-state index in [2.05, 4.69) is 26.6 Å². The van der Waals surface area contributed by atoms with Crippen molar-refractivity contribution in [3.05, 3.63) is 36.1 Å². The Morgan fingerprint density at radius 1 is 0.857 bits per heavy atom. The predicted octanol–water partition coefficient (Wildman–Crippen LogP) is 0.181. The molecule has 0 amide bonds. The van der Waals surface area contributed by atoms with Crippen LogP contribution >= 0.6 is 0 Å². The van der Waals surface area contributed by atoms with E-state index in [0.717, 1.165) is 6.42 Å². The normalized spacial score (nSPS) is 7.90. The Kier molecular flexibility index (Phi) is 51.7. The van der Waals surface area contributed by atoms with Gasteiger partial charge in [0.05, 0.1) is 0 Å². The largest absolute Gasteiger partial charge is 4.00 e. The monoisotopic (exact) mass is 387 g/mol. The van der Waals surface area contributed by atoms with Crippen molar-refractivity contribution in [3.63, 3.8) is 0 Å². The van der Waals surface area contributed by atoms with E-state index in [1.54, 1.807) is 0 Å². The number of hydrogen-bond acceptors (Lipinski definition) is 0. The van der Waals surface area contributed by atoms with Crippen molar-refractivity contribution in [1.82, 2.24) is 0 Å². The van der Waals surface area contributed by atoms with Crippen LogP contribution in [0.5, 0.6) is 0 Å². The molecule has 0 bridgehead atoms. The van der Waals surface area contributed by atoms with Crippen LogP contribution in [0.3, 0.4) is 0 Å². The number of halogens is 2. The zero-order valence-corrected chi connectivity index (χ0v) is 17.9. The smallest absolute Gasteiger partial charge is 1.00 e. The molecule has 0 saturated heterocycles. The molecule has 1 aromatic carbocycles. The Labute approximate surface area is 159 Å². The molecule has 5 heteroatoms. The van der Waals surface area contributed by atoms with Crippen LogP contribution in [-0.2, 0) is 18.6 Å². The molecule has 1 rings (SSSR count). The summed E-state index contributed by atoms with van der Waals surface area (Å²) >= 11 is 0. The zero-order chi connectivity index (χ0) is 14.1. The van der Waals surface area contributed by atoms with E-state index in [-0.39, 0.29) is 52.2 Å². The molecule has 0 unspecified atom stereocenters. The van der Waals surface area contributed by atoms with Gasteiger partial charge in [0.25, 0.3) is 0 Å². The number of nitrogens with one attached hydrogen (secondary N) is 1. The molecular formula is C16H32Cl2NSiV. The molecule has 0 aliphatic carbocycles. The third-order valence-electron chi connectivity index (χ3n) is 2.09. The van der Waals surface area contributed by atoms with Crippen molar-refractivity contribution >= 4 is 8.80 Å². The van der Waals surface area contributed by atoms with Crippen molar-refractivity contribution in [2.24, 2.45) is 0 Å². The van der Waals surface area contributed by atoms with Crippen LogP contribution in [0.2, 0.25) is 19.6 Å². The first kappa shape index (κ1) is 33.3. The van der Waals surface area contributed by atoms with E-state index >= 15 is 0 Å². The van der Waals surface area contributed by atoms with Crippen molar-refractivity contribution in [3.8, 4) is 0 Å². The van der Waals surface area contributed by atoms with E-state index < -0.39 is 0 Å². The molecule has 0 aliphatic heterocycles. The first-order valence-electron chi connectivity index (χ1n) is 7.23. The molecule has 1 N–H and O–H groups in total. The van der Waals surface area contributed by atoms with Gasteiger partial charge in [0.1, 0.15) is 0 Å². The Hall–Kier alpha value is 0.691. The maximum Gasteiger partial charge on any atom is 4.00 e. The van der Waals surface area contributed by atoms with Gasteiger partial charge in [0.15, 0.2) is 0 Å². The summed E-state index contributed by atoms with van der Waals surface area (Å²) in [5, 5.41) is 0. The minimum Gasteiger partial charge on any atom is -1.00 e. The molecule has 0 fully saturated rings. The summed E-state index contributed by atoms with van der Waals surface area (Å²) in [6, 6.07) is 10.0. The molecule has 2 radical (unpaired) electrons. The second kappa shape index (κ2) is 32.6. The SMILES string of the molecule is CCCCCCCC[NH-].C[Si](C)C.[Cl-].[Cl-].[V+4].c1cc[cH-]c1. The van der Waals surface area contributed by atoms with Crippen LogP contribution in [0.15, 0.2) is 30.3 Å². The van der Waals surface area contributed by atoms with Crippen molar-refractivity contribution in [2.75, 3.05) is 6.54 Å². The van der Waals surface area contributed by atoms with Crippen LogP contribution in [0, 0.1) is 0 Å². The molecule has 0 saturated carbocycles. The molecule has 0 heterocycles. The second-order valence-electron chi connectivity index (χ2n) is 4.98. The fourth-order valence-corrected chi connectivity index (χ4v) is 1.23. The summed E-state index contributed by atoms with van der Waals surface area (Å²) < 4.78 is 0. The quantitative estimate of drug-likeness (QED) is 0.377. The Morgan fingerprint density at radius 3 is 1.52 bits per heavy atom. The molecular weight excluding hydrogens is 356 g/mol. The molecule has 1 aromatic rings. The van der Waals surface area contributed by atoms with Gasteiger partial charge >= 0.3 is 18.6 Å². The van der Waals surface area contributed by atoms with Crippen molar-refractivity contribution in [1.29, 1.82) is 0 Å². The van der Waals surface area contributed by atoms with Gasteiger partial charge in [-0.3, -0.25) is 0 Å². The van der Waals surface area contributed by atoms with Crippen LogP contribution < -0.4 is 24.8 Å². The van der Waals surface area contributed by atoms with Crippen LogP contribution in [0.4, 0.5) is 0 Å². The third-order valence-corrected chi connectivity index (χ3v) is 2.09. The summed E-state index contributed by atoms with van der Waals surface area (Å²) in [5.41, 5.74) is 6.88. The molecule has 1 nitrogen and oxygen atoms in total. The summed E-state index contributed by atoms with van der Waals surface area (Å²) in [4.78, 5) is 0. The molecule has 0 aromatic heterocycles. The average molecular weight is 388 g/mol. The van der Waals surface area contributed by atoms with E-state index in [4.69, 9.17) is 5.73 Å². The van der Waals surface area contributed by atoms with Crippen molar-refractivity contribution in [2.45, 2.75) is 65.1 Å². The molecule has 0 atom stereocenters. The van der Waals surface area contributed by atoms with E-state index in [0.29, 0.717) is 6.54 Å². The van der Waals surface area contributed by atoms with E-state index in [9.17, 15) is 0 Å². The Balaban J connectivity index is -0.0000000616. The molecule has 124 valence electrons. The van der Waals surface area contributed by atoms with Crippen LogP contribution in [0.25, 0.3) is 5.73 Å². The third kappa shape index (κ3) is 52.9. The second-order valence-corrected chi connectivity index (χ2v) is 7.98. The standard InChI is InChI=1S/C8H18N.C5H5.C3H9Si.2ClH.V/c1-2-3-4-5-6-7-8-9;1-2-4-5-3-1;1-4(2)3;;;/h9H,2-8H2,1H3;1-5H;1-3H3;2*1H;/q2*-1;;;;+4/p-2. The van der Waals surface area contributed by atoms with Gasteiger partial charge in [-0.2, -0.15) is 24.7 Å². The Morgan fingerprint density at radius 2 is 1.24 bits per heavy atom. The first-order valence-corrected chi connectivity index (χ1v) is 10.2. The minimum absolute atomic E-state index is 0. The summed E-state index contributed by atoms with van der Waals surface area (Å²) in [6.07, 6.45) is 7.77. The van der Waals surface area contributed by atoms with Crippen LogP contribution in [-0.4, -0.2) is 15.3 Å². The van der Waals surface area contributed by atoms with E-state index in [1.807, 2.05) is 30.3 Å². The van der Waals surface area contributed by atoms with Gasteiger partial charge < -0.3 is 30.5 Å². The zero-order valence-electron chi connectivity index (χ0n) is 14.0. The average Bonchev–Trinajstić information content (AvgIpc) is 2.87. The molecule has 0 spiro atoms. The van der Waals surface area contributed by atoms with Gasteiger partial charge in [-0.25, -0.2) is 12.1 Å². The number of rotatable bonds is 6. The fourth-order valence-electron chi connectivity index (χ4n) is 1.23. The maximum atomic E-state index is 6.88. The topological polar surface area (TPSA) is 23.8 Å². The predicted molar refractivity (Wildman–Crippen MR) is 87.9 cm³/mol. The van der Waals surface area contributed by atoms with Gasteiger partial charge in [-0.05, 0) is 0 Å². The molecule has 0 aliphatic rings. The molecule has 21 heavy (non-hydrogen) atoms. The van der Waals surface area contributed by atoms with Gasteiger partial charge in [0.2, 0.25) is 0 Å². The van der Waals surface area contributed by atoms with Gasteiger partial charge in [0, 0.05) is 8.80 Å². The van der Waals surface area contributed by atoms with Gasteiger partial charge in [-0.1, -0.05) is 65.1 Å². The maximum absolute atomic E-state index is 6.88. The summed E-state index contributed by atoms with van der Waals surface area (Å²) in [6.45, 7) is 9.65. The number of hydrogen-bond donors (Lipinski definition) is 0.